The number of benzene rings is 1. The Morgan fingerprint density at radius 1 is 1.33 bits per heavy atom. The summed E-state index contributed by atoms with van der Waals surface area (Å²) in [5.41, 5.74) is 2.30. The maximum absolute atomic E-state index is 11.9. The van der Waals surface area contributed by atoms with Crippen LogP contribution in [0.25, 0.3) is 10.9 Å². The normalized spacial score (nSPS) is 21.8. The zero-order valence-corrected chi connectivity index (χ0v) is 12.1. The van der Waals surface area contributed by atoms with E-state index in [0.29, 0.717) is 13.0 Å². The fourth-order valence-electron chi connectivity index (χ4n) is 3.18. The van der Waals surface area contributed by atoms with Gasteiger partial charge in [-0.1, -0.05) is 24.6 Å². The number of rotatable bonds is 5. The van der Waals surface area contributed by atoms with E-state index < -0.39 is 0 Å². The highest BCUT2D eigenvalue weighted by Gasteiger charge is 2.25. The van der Waals surface area contributed by atoms with E-state index >= 15 is 0 Å². The number of aromatic nitrogens is 1. The van der Waals surface area contributed by atoms with Gasteiger partial charge in [-0.05, 0) is 30.9 Å². The van der Waals surface area contributed by atoms with Crippen LogP contribution in [0.2, 0.25) is 0 Å². The number of H-pyrrole nitrogens is 1. The number of carbonyl (C=O) groups is 1. The standard InChI is InChI=1S/C17H22N2O2/c20-16-7-3-4-13(16)11-19-17(21)9-8-12-10-18-15-6-2-1-5-14(12)15/h1-2,5-6,10,13,16,18,20H,3-4,7-9,11H2,(H,19,21). The molecule has 2 atom stereocenters. The van der Waals surface area contributed by atoms with Crippen molar-refractivity contribution in [2.24, 2.45) is 5.92 Å². The van der Waals surface area contributed by atoms with Crippen LogP contribution in [0.1, 0.15) is 31.2 Å². The lowest BCUT2D eigenvalue weighted by Crippen LogP contribution is -2.32. The predicted octanol–water partition coefficient (Wildman–Crippen LogP) is 2.38. The molecule has 1 aromatic carbocycles. The number of aliphatic hydroxyl groups excluding tert-OH is 1. The van der Waals surface area contributed by atoms with Crippen LogP contribution in [-0.2, 0) is 11.2 Å². The lowest BCUT2D eigenvalue weighted by atomic mass is 10.1. The number of fused-ring (bicyclic) bond motifs is 1. The molecule has 1 heterocycles. The van der Waals surface area contributed by atoms with Crippen LogP contribution in [-0.4, -0.2) is 28.6 Å². The first-order valence-corrected chi connectivity index (χ1v) is 7.74. The van der Waals surface area contributed by atoms with Gasteiger partial charge in [0.2, 0.25) is 5.91 Å². The highest BCUT2D eigenvalue weighted by atomic mass is 16.3. The molecule has 4 heteroatoms. The highest BCUT2D eigenvalue weighted by molar-refractivity contribution is 5.84. The molecule has 3 N–H and O–H groups in total. The first-order chi connectivity index (χ1) is 10.2. The van der Waals surface area contributed by atoms with E-state index in [4.69, 9.17) is 0 Å². The van der Waals surface area contributed by atoms with Gasteiger partial charge in [-0.2, -0.15) is 0 Å². The first kappa shape index (κ1) is 14.1. The summed E-state index contributed by atoms with van der Waals surface area (Å²) in [6.45, 7) is 0.605. The summed E-state index contributed by atoms with van der Waals surface area (Å²) >= 11 is 0. The van der Waals surface area contributed by atoms with Gasteiger partial charge in [-0.3, -0.25) is 4.79 Å². The second kappa shape index (κ2) is 6.31. The molecular formula is C17H22N2O2. The van der Waals surface area contributed by atoms with Crippen molar-refractivity contribution in [2.45, 2.75) is 38.2 Å². The monoisotopic (exact) mass is 286 g/mol. The number of aryl methyl sites for hydroxylation is 1. The molecule has 1 aliphatic carbocycles. The van der Waals surface area contributed by atoms with Crippen LogP contribution >= 0.6 is 0 Å². The number of hydrogen-bond donors (Lipinski definition) is 3. The summed E-state index contributed by atoms with van der Waals surface area (Å²) < 4.78 is 0. The molecular weight excluding hydrogens is 264 g/mol. The van der Waals surface area contributed by atoms with Crippen molar-refractivity contribution in [3.8, 4) is 0 Å². The minimum Gasteiger partial charge on any atom is -0.393 e. The quantitative estimate of drug-likeness (QED) is 0.790. The number of hydrogen-bond acceptors (Lipinski definition) is 2. The fraction of sp³-hybridized carbons (Fsp3) is 0.471. The van der Waals surface area contributed by atoms with E-state index in [0.717, 1.165) is 31.2 Å². The molecule has 0 saturated heterocycles. The van der Waals surface area contributed by atoms with Crippen LogP contribution in [0.3, 0.4) is 0 Å². The zero-order chi connectivity index (χ0) is 14.7. The molecule has 0 radical (unpaired) electrons. The zero-order valence-electron chi connectivity index (χ0n) is 12.1. The molecule has 1 aromatic heterocycles. The van der Waals surface area contributed by atoms with Crippen LogP contribution in [0.4, 0.5) is 0 Å². The summed E-state index contributed by atoms with van der Waals surface area (Å²) in [6, 6.07) is 8.14. The number of aliphatic hydroxyl groups is 1. The van der Waals surface area contributed by atoms with Gasteiger partial charge in [0.1, 0.15) is 0 Å². The van der Waals surface area contributed by atoms with Crippen molar-refractivity contribution in [3.05, 3.63) is 36.0 Å². The minimum atomic E-state index is -0.237. The molecule has 0 spiro atoms. The van der Waals surface area contributed by atoms with Gasteiger partial charge in [0, 0.05) is 36.0 Å². The average Bonchev–Trinajstić information content (AvgIpc) is 3.09. The van der Waals surface area contributed by atoms with Crippen molar-refractivity contribution in [3.63, 3.8) is 0 Å². The highest BCUT2D eigenvalue weighted by Crippen LogP contribution is 2.24. The van der Waals surface area contributed by atoms with E-state index in [-0.39, 0.29) is 17.9 Å². The van der Waals surface area contributed by atoms with E-state index in [1.807, 2.05) is 24.4 Å². The summed E-state index contributed by atoms with van der Waals surface area (Å²) in [7, 11) is 0. The molecule has 112 valence electrons. The van der Waals surface area contributed by atoms with Crippen molar-refractivity contribution in [1.82, 2.24) is 10.3 Å². The Hall–Kier alpha value is -1.81. The van der Waals surface area contributed by atoms with E-state index in [1.54, 1.807) is 0 Å². The van der Waals surface area contributed by atoms with Gasteiger partial charge in [0.15, 0.2) is 0 Å². The molecule has 0 aliphatic heterocycles. The Labute approximate surface area is 124 Å². The molecule has 3 rings (SSSR count). The number of aromatic amines is 1. The van der Waals surface area contributed by atoms with Crippen LogP contribution < -0.4 is 5.32 Å². The van der Waals surface area contributed by atoms with Crippen molar-refractivity contribution < 1.29 is 9.90 Å². The lowest BCUT2D eigenvalue weighted by molar-refractivity contribution is -0.121. The maximum atomic E-state index is 11.9. The fourth-order valence-corrected chi connectivity index (χ4v) is 3.18. The van der Waals surface area contributed by atoms with Gasteiger partial charge in [-0.15, -0.1) is 0 Å². The van der Waals surface area contributed by atoms with Crippen molar-refractivity contribution >= 4 is 16.8 Å². The van der Waals surface area contributed by atoms with Crippen LogP contribution in [0.5, 0.6) is 0 Å². The van der Waals surface area contributed by atoms with Gasteiger partial charge >= 0.3 is 0 Å². The average molecular weight is 286 g/mol. The molecule has 4 nitrogen and oxygen atoms in total. The maximum Gasteiger partial charge on any atom is 0.220 e. The summed E-state index contributed by atoms with van der Waals surface area (Å²) in [5.74, 6) is 0.307. The Bertz CT molecular complexity index is 620. The first-order valence-electron chi connectivity index (χ1n) is 7.74. The third-order valence-corrected chi connectivity index (χ3v) is 4.48. The van der Waals surface area contributed by atoms with Gasteiger partial charge < -0.3 is 15.4 Å². The Balaban J connectivity index is 1.49. The van der Waals surface area contributed by atoms with E-state index in [1.165, 1.54) is 10.9 Å². The number of para-hydroxylation sites is 1. The summed E-state index contributed by atoms with van der Waals surface area (Å²) in [4.78, 5) is 15.2. The third kappa shape index (κ3) is 3.27. The van der Waals surface area contributed by atoms with E-state index in [9.17, 15) is 9.90 Å². The van der Waals surface area contributed by atoms with Crippen molar-refractivity contribution in [2.75, 3.05) is 6.54 Å². The van der Waals surface area contributed by atoms with Gasteiger partial charge in [-0.25, -0.2) is 0 Å². The van der Waals surface area contributed by atoms with Crippen LogP contribution in [0.15, 0.2) is 30.5 Å². The third-order valence-electron chi connectivity index (χ3n) is 4.48. The van der Waals surface area contributed by atoms with Gasteiger partial charge in [0.05, 0.1) is 6.10 Å². The van der Waals surface area contributed by atoms with Crippen LogP contribution in [0, 0.1) is 5.92 Å². The Morgan fingerprint density at radius 2 is 2.19 bits per heavy atom. The number of amides is 1. The molecule has 21 heavy (non-hydrogen) atoms. The Morgan fingerprint density at radius 3 is 3.00 bits per heavy atom. The summed E-state index contributed by atoms with van der Waals surface area (Å²) in [6.07, 6.45) is 5.93. The Kier molecular flexibility index (Phi) is 4.25. The second-order valence-corrected chi connectivity index (χ2v) is 5.92. The largest absolute Gasteiger partial charge is 0.393 e. The molecule has 0 bridgehead atoms. The number of carbonyl (C=O) groups excluding carboxylic acids is 1. The van der Waals surface area contributed by atoms with E-state index in [2.05, 4.69) is 16.4 Å². The molecule has 1 aliphatic rings. The summed E-state index contributed by atoms with van der Waals surface area (Å²) in [5, 5.41) is 13.9. The minimum absolute atomic E-state index is 0.0689. The van der Waals surface area contributed by atoms with Gasteiger partial charge in [0.25, 0.3) is 0 Å². The molecule has 2 unspecified atom stereocenters. The molecule has 2 aromatic rings. The lowest BCUT2D eigenvalue weighted by Gasteiger charge is -2.14. The SMILES string of the molecule is O=C(CCc1c[nH]c2ccccc12)NCC1CCCC1O. The van der Waals surface area contributed by atoms with Crippen molar-refractivity contribution in [1.29, 1.82) is 0 Å². The topological polar surface area (TPSA) is 65.1 Å². The predicted molar refractivity (Wildman–Crippen MR) is 83.0 cm³/mol. The smallest absolute Gasteiger partial charge is 0.220 e. The molecule has 1 amide bonds. The molecule has 1 saturated carbocycles. The molecule has 1 fully saturated rings. The number of nitrogens with one attached hydrogen (secondary N) is 2. The second-order valence-electron chi connectivity index (χ2n) is 5.92.